The van der Waals surface area contributed by atoms with Crippen LogP contribution in [-0.2, 0) is 0 Å². The molecule has 0 aromatic rings. The predicted molar refractivity (Wildman–Crippen MR) is 59.8 cm³/mol. The Hall–Kier alpha value is -0.770. The predicted octanol–water partition coefficient (Wildman–Crippen LogP) is 0.791. The van der Waals surface area contributed by atoms with Crippen molar-refractivity contribution in [3.05, 3.63) is 0 Å². The van der Waals surface area contributed by atoms with Crippen molar-refractivity contribution >= 4 is 6.03 Å². The highest BCUT2D eigenvalue weighted by Gasteiger charge is 2.18. The van der Waals surface area contributed by atoms with Crippen molar-refractivity contribution < 1.29 is 4.79 Å². The molecule has 2 rings (SSSR count). The highest BCUT2D eigenvalue weighted by atomic mass is 16.2. The quantitative estimate of drug-likeness (QED) is 0.660. The van der Waals surface area contributed by atoms with E-state index in [0.717, 1.165) is 38.6 Å². The number of urea groups is 1. The van der Waals surface area contributed by atoms with Crippen LogP contribution in [0, 0.1) is 5.92 Å². The van der Waals surface area contributed by atoms with Gasteiger partial charge in [0.1, 0.15) is 0 Å². The van der Waals surface area contributed by atoms with Gasteiger partial charge in [-0.3, -0.25) is 0 Å². The normalized spacial score (nSPS) is 22.4. The summed E-state index contributed by atoms with van der Waals surface area (Å²) in [6.45, 7) is 4.59. The van der Waals surface area contributed by atoms with Crippen LogP contribution in [0.15, 0.2) is 0 Å². The van der Waals surface area contributed by atoms with Crippen LogP contribution in [0.2, 0.25) is 0 Å². The van der Waals surface area contributed by atoms with Gasteiger partial charge in [0.05, 0.1) is 0 Å². The molecule has 0 atom stereocenters. The second-order valence-corrected chi connectivity index (χ2v) is 4.57. The third-order valence-corrected chi connectivity index (χ3v) is 3.41. The molecule has 1 aliphatic carbocycles. The van der Waals surface area contributed by atoms with Gasteiger partial charge in [0.15, 0.2) is 0 Å². The first-order valence-electron chi connectivity index (χ1n) is 6.10. The highest BCUT2D eigenvalue weighted by Crippen LogP contribution is 2.23. The number of amides is 2. The lowest BCUT2D eigenvalue weighted by Gasteiger charge is -2.15. The van der Waals surface area contributed by atoms with Crippen LogP contribution in [0.1, 0.15) is 25.7 Å². The van der Waals surface area contributed by atoms with E-state index >= 15 is 0 Å². The monoisotopic (exact) mass is 211 g/mol. The number of nitrogens with zero attached hydrogens (tertiary/aromatic N) is 1. The van der Waals surface area contributed by atoms with E-state index in [1.165, 1.54) is 25.7 Å². The molecule has 0 unspecified atom stereocenters. The van der Waals surface area contributed by atoms with Crippen molar-refractivity contribution in [1.82, 2.24) is 15.5 Å². The number of hydrogen-bond acceptors (Lipinski definition) is 2. The van der Waals surface area contributed by atoms with Crippen LogP contribution in [0.3, 0.4) is 0 Å². The van der Waals surface area contributed by atoms with Gasteiger partial charge in [0.2, 0.25) is 0 Å². The maximum atomic E-state index is 11.2. The lowest BCUT2D eigenvalue weighted by molar-refractivity contribution is 0.217. The van der Waals surface area contributed by atoms with Crippen LogP contribution in [0.4, 0.5) is 4.79 Å². The summed E-state index contributed by atoms with van der Waals surface area (Å²) in [6.07, 6.45) is 5.58. The average Bonchev–Trinajstić information content (AvgIpc) is 2.85. The van der Waals surface area contributed by atoms with E-state index in [9.17, 15) is 4.79 Å². The molecule has 1 heterocycles. The van der Waals surface area contributed by atoms with Gasteiger partial charge < -0.3 is 15.5 Å². The Balaban J connectivity index is 1.52. The van der Waals surface area contributed by atoms with Gasteiger partial charge >= 0.3 is 6.03 Å². The molecule has 0 aromatic carbocycles. The van der Waals surface area contributed by atoms with Gasteiger partial charge in [-0.2, -0.15) is 0 Å². The van der Waals surface area contributed by atoms with E-state index in [-0.39, 0.29) is 6.03 Å². The Labute approximate surface area is 91.4 Å². The average molecular weight is 211 g/mol. The summed E-state index contributed by atoms with van der Waals surface area (Å²) < 4.78 is 0. The molecule has 2 amide bonds. The third kappa shape index (κ3) is 3.09. The smallest absolute Gasteiger partial charge is 0.317 e. The Morgan fingerprint density at radius 1 is 1.40 bits per heavy atom. The Morgan fingerprint density at radius 2 is 2.20 bits per heavy atom. The summed E-state index contributed by atoms with van der Waals surface area (Å²) >= 11 is 0. The van der Waals surface area contributed by atoms with Gasteiger partial charge in [-0.05, 0) is 25.3 Å². The summed E-state index contributed by atoms with van der Waals surface area (Å²) in [6, 6.07) is 0.0951. The molecule has 1 saturated heterocycles. The van der Waals surface area contributed by atoms with Crippen molar-refractivity contribution in [2.24, 2.45) is 5.92 Å². The molecule has 1 saturated carbocycles. The fourth-order valence-electron chi connectivity index (χ4n) is 2.46. The van der Waals surface area contributed by atoms with E-state index in [4.69, 9.17) is 0 Å². The lowest BCUT2D eigenvalue weighted by Crippen LogP contribution is -2.35. The second-order valence-electron chi connectivity index (χ2n) is 4.57. The first-order valence-corrected chi connectivity index (χ1v) is 6.10. The number of nitrogens with one attached hydrogen (secondary N) is 2. The van der Waals surface area contributed by atoms with Crippen molar-refractivity contribution in [1.29, 1.82) is 0 Å². The third-order valence-electron chi connectivity index (χ3n) is 3.41. The maximum absolute atomic E-state index is 11.2. The fraction of sp³-hybridized carbons (Fsp3) is 0.909. The minimum Gasteiger partial charge on any atom is -0.336 e. The Kier molecular flexibility index (Phi) is 3.83. The molecular formula is C11H21N3O. The molecule has 86 valence electrons. The molecule has 1 aliphatic heterocycles. The number of rotatable bonds is 5. The van der Waals surface area contributed by atoms with Crippen molar-refractivity contribution in [2.45, 2.75) is 25.7 Å². The summed E-state index contributed by atoms with van der Waals surface area (Å²) in [5.74, 6) is 0.886. The SMILES string of the molecule is O=C1NCCN1CCNCC1CCCC1. The van der Waals surface area contributed by atoms with Crippen LogP contribution < -0.4 is 10.6 Å². The van der Waals surface area contributed by atoms with E-state index in [2.05, 4.69) is 10.6 Å². The molecule has 2 aliphatic rings. The van der Waals surface area contributed by atoms with Gasteiger partial charge in [-0.15, -0.1) is 0 Å². The minimum atomic E-state index is 0.0951. The van der Waals surface area contributed by atoms with E-state index in [1.54, 1.807) is 0 Å². The summed E-state index contributed by atoms with van der Waals surface area (Å²) in [4.78, 5) is 13.1. The Bertz CT molecular complexity index is 214. The molecular weight excluding hydrogens is 190 g/mol. The van der Waals surface area contributed by atoms with Crippen LogP contribution in [0.25, 0.3) is 0 Å². The first kappa shape index (κ1) is 10.7. The fourth-order valence-corrected chi connectivity index (χ4v) is 2.46. The molecule has 0 aromatic heterocycles. The lowest BCUT2D eigenvalue weighted by atomic mass is 10.1. The summed E-state index contributed by atoms with van der Waals surface area (Å²) in [5, 5.41) is 6.26. The summed E-state index contributed by atoms with van der Waals surface area (Å²) in [7, 11) is 0. The molecule has 4 nitrogen and oxygen atoms in total. The van der Waals surface area contributed by atoms with Gasteiger partial charge in [0, 0.05) is 26.2 Å². The Morgan fingerprint density at radius 3 is 2.87 bits per heavy atom. The van der Waals surface area contributed by atoms with Crippen molar-refractivity contribution in [3.8, 4) is 0 Å². The highest BCUT2D eigenvalue weighted by molar-refractivity contribution is 5.76. The summed E-state index contributed by atoms with van der Waals surface area (Å²) in [5.41, 5.74) is 0. The van der Waals surface area contributed by atoms with Crippen molar-refractivity contribution in [3.63, 3.8) is 0 Å². The topological polar surface area (TPSA) is 44.4 Å². The number of hydrogen-bond donors (Lipinski definition) is 2. The number of carbonyl (C=O) groups excluding carboxylic acids is 1. The molecule has 0 bridgehead atoms. The first-order chi connectivity index (χ1) is 7.36. The van der Waals surface area contributed by atoms with Crippen LogP contribution in [0.5, 0.6) is 0 Å². The van der Waals surface area contributed by atoms with E-state index in [0.29, 0.717) is 0 Å². The molecule has 15 heavy (non-hydrogen) atoms. The van der Waals surface area contributed by atoms with E-state index in [1.807, 2.05) is 4.90 Å². The minimum absolute atomic E-state index is 0.0951. The van der Waals surface area contributed by atoms with Gasteiger partial charge in [0.25, 0.3) is 0 Å². The zero-order valence-corrected chi connectivity index (χ0v) is 9.30. The zero-order chi connectivity index (χ0) is 10.5. The second kappa shape index (κ2) is 5.35. The molecule has 0 spiro atoms. The van der Waals surface area contributed by atoms with Gasteiger partial charge in [-0.25, -0.2) is 4.79 Å². The standard InChI is InChI=1S/C11H21N3O/c15-11-13-6-8-14(11)7-5-12-9-10-3-1-2-4-10/h10,12H,1-9H2,(H,13,15). The van der Waals surface area contributed by atoms with Crippen LogP contribution >= 0.6 is 0 Å². The maximum Gasteiger partial charge on any atom is 0.317 e. The molecule has 2 N–H and O–H groups in total. The molecule has 0 radical (unpaired) electrons. The number of carbonyl (C=O) groups is 1. The van der Waals surface area contributed by atoms with Gasteiger partial charge in [-0.1, -0.05) is 12.8 Å². The molecule has 4 heteroatoms. The molecule has 2 fully saturated rings. The van der Waals surface area contributed by atoms with Crippen LogP contribution in [-0.4, -0.2) is 43.7 Å². The zero-order valence-electron chi connectivity index (χ0n) is 9.30. The largest absolute Gasteiger partial charge is 0.336 e. The van der Waals surface area contributed by atoms with E-state index < -0.39 is 0 Å². The van der Waals surface area contributed by atoms with Crippen molar-refractivity contribution in [2.75, 3.05) is 32.7 Å².